The van der Waals surface area contributed by atoms with Crippen LogP contribution in [0.2, 0.25) is 5.02 Å². The summed E-state index contributed by atoms with van der Waals surface area (Å²) in [6, 6.07) is 9.04. The molecule has 1 saturated heterocycles. The molecular weight excluding hydrogens is 527 g/mol. The summed E-state index contributed by atoms with van der Waals surface area (Å²) in [6.07, 6.45) is 1.91. The maximum absolute atomic E-state index is 14.7. The number of hydrogen-bond acceptors (Lipinski definition) is 8. The third-order valence-electron chi connectivity index (χ3n) is 6.79. The number of likely N-dealkylation sites (N-methyl/N-ethyl adjacent to an activating group) is 1. The van der Waals surface area contributed by atoms with E-state index < -0.39 is 11.8 Å². The number of ether oxygens (including phenoxy) is 1. The number of aromatic nitrogens is 2. The number of piperazine rings is 1. The van der Waals surface area contributed by atoms with Crippen LogP contribution in [0, 0.1) is 5.82 Å². The molecule has 5 rings (SSSR count). The number of amides is 1. The molecule has 2 N–H and O–H groups in total. The minimum absolute atomic E-state index is 0.0707. The Morgan fingerprint density at radius 2 is 1.92 bits per heavy atom. The molecule has 12 heteroatoms. The highest BCUT2D eigenvalue weighted by Gasteiger charge is 2.29. The van der Waals surface area contributed by atoms with Crippen LogP contribution in [-0.4, -0.2) is 89.7 Å². The molecule has 1 aromatic carbocycles. The van der Waals surface area contributed by atoms with Gasteiger partial charge >= 0.3 is 5.97 Å². The Bertz CT molecular complexity index is 1400. The maximum atomic E-state index is 14.7. The Labute approximate surface area is 230 Å². The average molecular weight is 555 g/mol. The summed E-state index contributed by atoms with van der Waals surface area (Å²) in [5, 5.41) is 13.0. The van der Waals surface area contributed by atoms with Gasteiger partial charge in [-0.1, -0.05) is 11.6 Å². The van der Waals surface area contributed by atoms with E-state index in [1.54, 1.807) is 24.4 Å². The van der Waals surface area contributed by atoms with Gasteiger partial charge in [0.25, 0.3) is 0 Å². The fourth-order valence-electron chi connectivity index (χ4n) is 4.66. The number of hydrogen-bond donors (Lipinski definition) is 2. The SMILES string of the molecule is CN1CCN(CCC(=O)Nc2cc(N3CCOc4c3cc(-c3cc(Cl)ccc3F)nc4C(=O)O)ccn2)CC1. The van der Waals surface area contributed by atoms with Crippen LogP contribution >= 0.6 is 11.6 Å². The van der Waals surface area contributed by atoms with Crippen molar-refractivity contribution in [2.45, 2.75) is 6.42 Å². The van der Waals surface area contributed by atoms with Gasteiger partial charge < -0.3 is 29.9 Å². The Hall–Kier alpha value is -3.80. The normalized spacial score (nSPS) is 15.9. The number of benzene rings is 1. The van der Waals surface area contributed by atoms with E-state index in [1.165, 1.54) is 18.2 Å². The van der Waals surface area contributed by atoms with Crippen LogP contribution in [0.25, 0.3) is 11.3 Å². The molecular formula is C27H28ClFN6O4. The molecule has 10 nitrogen and oxygen atoms in total. The maximum Gasteiger partial charge on any atom is 0.358 e. The number of carboxylic acid groups (broad SMARTS) is 1. The highest BCUT2D eigenvalue weighted by atomic mass is 35.5. The number of carbonyl (C=O) groups is 2. The minimum Gasteiger partial charge on any atom is -0.487 e. The van der Waals surface area contributed by atoms with Crippen LogP contribution < -0.4 is 15.0 Å². The molecule has 0 radical (unpaired) electrons. The van der Waals surface area contributed by atoms with E-state index in [-0.39, 0.29) is 40.2 Å². The lowest BCUT2D eigenvalue weighted by atomic mass is 10.1. The molecule has 0 bridgehead atoms. The molecule has 0 unspecified atom stereocenters. The van der Waals surface area contributed by atoms with Gasteiger partial charge in [-0.05, 0) is 37.4 Å². The first kappa shape index (κ1) is 26.8. The van der Waals surface area contributed by atoms with Crippen molar-refractivity contribution < 1.29 is 23.8 Å². The van der Waals surface area contributed by atoms with Crippen LogP contribution in [0.5, 0.6) is 5.75 Å². The van der Waals surface area contributed by atoms with E-state index in [0.29, 0.717) is 36.7 Å². The lowest BCUT2D eigenvalue weighted by Gasteiger charge is -2.32. The molecule has 0 saturated carbocycles. The van der Waals surface area contributed by atoms with Crippen LogP contribution in [0.3, 0.4) is 0 Å². The number of rotatable bonds is 7. The smallest absolute Gasteiger partial charge is 0.358 e. The molecule has 1 fully saturated rings. The van der Waals surface area contributed by atoms with E-state index in [2.05, 4.69) is 32.1 Å². The van der Waals surface area contributed by atoms with Crippen LogP contribution in [0.15, 0.2) is 42.6 Å². The topological polar surface area (TPSA) is 111 Å². The molecule has 1 amide bonds. The first-order valence-corrected chi connectivity index (χ1v) is 13.0. The molecule has 0 atom stereocenters. The zero-order valence-electron chi connectivity index (χ0n) is 21.4. The molecule has 0 spiro atoms. The first-order valence-electron chi connectivity index (χ1n) is 12.6. The zero-order valence-corrected chi connectivity index (χ0v) is 22.1. The van der Waals surface area contributed by atoms with Gasteiger partial charge in [0.2, 0.25) is 5.91 Å². The van der Waals surface area contributed by atoms with Gasteiger partial charge in [0.05, 0.1) is 17.9 Å². The quantitative estimate of drug-likeness (QED) is 0.451. The summed E-state index contributed by atoms with van der Waals surface area (Å²) in [6.45, 7) is 5.09. The molecule has 204 valence electrons. The minimum atomic E-state index is -1.31. The zero-order chi connectivity index (χ0) is 27.5. The van der Waals surface area contributed by atoms with Crippen molar-refractivity contribution >= 4 is 40.7 Å². The van der Waals surface area contributed by atoms with Crippen LogP contribution in [0.4, 0.5) is 21.6 Å². The highest BCUT2D eigenvalue weighted by Crippen LogP contribution is 2.41. The van der Waals surface area contributed by atoms with Gasteiger partial charge in [-0.25, -0.2) is 19.2 Å². The number of nitrogens with one attached hydrogen (secondary N) is 1. The number of fused-ring (bicyclic) bond motifs is 1. The van der Waals surface area contributed by atoms with Crippen molar-refractivity contribution in [2.24, 2.45) is 0 Å². The van der Waals surface area contributed by atoms with E-state index in [1.807, 2.05) is 4.90 Å². The number of aromatic carboxylic acids is 1. The Morgan fingerprint density at radius 3 is 2.69 bits per heavy atom. The Morgan fingerprint density at radius 1 is 1.13 bits per heavy atom. The van der Waals surface area contributed by atoms with Crippen molar-refractivity contribution in [3.8, 4) is 17.0 Å². The summed E-state index contributed by atoms with van der Waals surface area (Å²) in [5.74, 6) is -1.58. The fourth-order valence-corrected chi connectivity index (χ4v) is 4.83. The lowest BCUT2D eigenvalue weighted by Crippen LogP contribution is -2.45. The average Bonchev–Trinajstić information content (AvgIpc) is 2.93. The predicted octanol–water partition coefficient (Wildman–Crippen LogP) is 3.74. The van der Waals surface area contributed by atoms with E-state index in [0.717, 1.165) is 26.2 Å². The number of carboxylic acids is 1. The second-order valence-corrected chi connectivity index (χ2v) is 9.91. The monoisotopic (exact) mass is 554 g/mol. The summed E-state index contributed by atoms with van der Waals surface area (Å²) in [5.41, 5.74) is 0.901. The van der Waals surface area contributed by atoms with E-state index in [4.69, 9.17) is 16.3 Å². The summed E-state index contributed by atoms with van der Waals surface area (Å²) < 4.78 is 20.4. The van der Waals surface area contributed by atoms with Crippen LogP contribution in [-0.2, 0) is 4.79 Å². The second kappa shape index (κ2) is 11.5. The molecule has 0 aliphatic carbocycles. The van der Waals surface area contributed by atoms with Gasteiger partial charge in [0.15, 0.2) is 11.4 Å². The summed E-state index contributed by atoms with van der Waals surface area (Å²) >= 11 is 6.08. The molecule has 2 aliphatic heterocycles. The predicted molar refractivity (Wildman–Crippen MR) is 146 cm³/mol. The van der Waals surface area contributed by atoms with E-state index >= 15 is 0 Å². The number of pyridine rings is 2. The van der Waals surface area contributed by atoms with Crippen molar-refractivity contribution in [3.05, 3.63) is 59.1 Å². The highest BCUT2D eigenvalue weighted by molar-refractivity contribution is 6.30. The number of anilines is 3. The van der Waals surface area contributed by atoms with Gasteiger partial charge in [0, 0.05) is 67.7 Å². The molecule has 2 aliphatic rings. The van der Waals surface area contributed by atoms with Crippen molar-refractivity contribution in [3.63, 3.8) is 0 Å². The Kier molecular flexibility index (Phi) is 7.92. The molecule has 39 heavy (non-hydrogen) atoms. The largest absolute Gasteiger partial charge is 0.487 e. The summed E-state index contributed by atoms with van der Waals surface area (Å²) in [7, 11) is 2.09. The van der Waals surface area contributed by atoms with Gasteiger partial charge in [-0.2, -0.15) is 0 Å². The summed E-state index contributed by atoms with van der Waals surface area (Å²) in [4.78, 5) is 39.5. The third kappa shape index (κ3) is 6.11. The van der Waals surface area contributed by atoms with Crippen molar-refractivity contribution in [1.29, 1.82) is 0 Å². The van der Waals surface area contributed by atoms with Crippen molar-refractivity contribution in [1.82, 2.24) is 19.8 Å². The number of nitrogens with zero attached hydrogens (tertiary/aromatic N) is 5. The number of halogens is 2. The van der Waals surface area contributed by atoms with Gasteiger partial charge in [0.1, 0.15) is 18.2 Å². The third-order valence-corrected chi connectivity index (χ3v) is 7.02. The van der Waals surface area contributed by atoms with Crippen molar-refractivity contribution in [2.75, 3.05) is 63.1 Å². The standard InChI is InChI=1S/C27H28ClFN6O4/c1-33-8-10-34(11-9-33)7-5-24(36)32-23-15-18(4-6-30-23)35-12-13-39-26-22(35)16-21(31-25(26)27(37)38)19-14-17(28)2-3-20(19)29/h2-4,6,14-16H,5,7-13H2,1H3,(H,37,38)(H,30,32,36). The Balaban J connectivity index is 1.40. The second-order valence-electron chi connectivity index (χ2n) is 9.48. The molecule has 4 heterocycles. The van der Waals surface area contributed by atoms with Gasteiger partial charge in [-0.15, -0.1) is 0 Å². The molecule has 3 aromatic rings. The van der Waals surface area contributed by atoms with Crippen LogP contribution in [0.1, 0.15) is 16.9 Å². The lowest BCUT2D eigenvalue weighted by molar-refractivity contribution is -0.116. The molecule has 2 aromatic heterocycles. The van der Waals surface area contributed by atoms with E-state index in [9.17, 15) is 19.1 Å². The van der Waals surface area contributed by atoms with Gasteiger partial charge in [-0.3, -0.25) is 4.79 Å². The first-order chi connectivity index (χ1) is 18.8. The fraction of sp³-hybridized carbons (Fsp3) is 0.333. The number of carbonyl (C=O) groups excluding carboxylic acids is 1.